The molecule has 2 aliphatic carbocycles. The maximum atomic E-state index is 10.3. The van der Waals surface area contributed by atoms with Crippen molar-refractivity contribution in [2.24, 2.45) is 23.7 Å². The Balaban J connectivity index is 2.00. The van der Waals surface area contributed by atoms with Crippen molar-refractivity contribution in [3.63, 3.8) is 0 Å². The second kappa shape index (κ2) is 5.05. The molecule has 16 heavy (non-hydrogen) atoms. The summed E-state index contributed by atoms with van der Waals surface area (Å²) in [6.07, 6.45) is 6.40. The highest BCUT2D eigenvalue weighted by atomic mass is 16.3. The maximum Gasteiger partial charge on any atom is 0.0597 e. The van der Waals surface area contributed by atoms with Crippen molar-refractivity contribution in [2.75, 3.05) is 0 Å². The van der Waals surface area contributed by atoms with Gasteiger partial charge in [0.05, 0.1) is 12.2 Å². The lowest BCUT2D eigenvalue weighted by Gasteiger charge is -2.42. The molecular weight excluding hydrogens is 200 g/mol. The first-order valence-corrected chi connectivity index (χ1v) is 6.95. The number of rotatable bonds is 1. The second-order valence-electron chi connectivity index (χ2n) is 6.21. The Bertz CT molecular complexity index is 229. The van der Waals surface area contributed by atoms with Crippen LogP contribution in [0.2, 0.25) is 0 Å². The first-order chi connectivity index (χ1) is 7.59. The number of aliphatic hydroxyl groups excluding tert-OH is 2. The summed E-state index contributed by atoms with van der Waals surface area (Å²) in [4.78, 5) is 0. The van der Waals surface area contributed by atoms with Crippen molar-refractivity contribution < 1.29 is 10.2 Å². The van der Waals surface area contributed by atoms with Gasteiger partial charge in [-0.25, -0.2) is 0 Å². The first-order valence-electron chi connectivity index (χ1n) is 6.95. The Morgan fingerprint density at radius 2 is 1.62 bits per heavy atom. The molecule has 6 atom stereocenters. The summed E-state index contributed by atoms with van der Waals surface area (Å²) in [5.41, 5.74) is 0. The molecule has 0 aromatic rings. The van der Waals surface area contributed by atoms with Gasteiger partial charge < -0.3 is 10.2 Å². The summed E-state index contributed by atoms with van der Waals surface area (Å²) in [5, 5.41) is 20.4. The van der Waals surface area contributed by atoms with Gasteiger partial charge in [0.25, 0.3) is 0 Å². The fraction of sp³-hybridized carbons (Fsp3) is 1.00. The van der Waals surface area contributed by atoms with Crippen LogP contribution in [0.4, 0.5) is 0 Å². The van der Waals surface area contributed by atoms with Crippen molar-refractivity contribution in [2.45, 2.75) is 64.6 Å². The van der Waals surface area contributed by atoms with Crippen LogP contribution < -0.4 is 0 Å². The van der Waals surface area contributed by atoms with E-state index in [2.05, 4.69) is 13.8 Å². The Kier molecular flexibility index (Phi) is 3.91. The zero-order chi connectivity index (χ0) is 11.7. The molecule has 0 bridgehead atoms. The van der Waals surface area contributed by atoms with Crippen LogP contribution in [0.25, 0.3) is 0 Å². The van der Waals surface area contributed by atoms with E-state index >= 15 is 0 Å². The van der Waals surface area contributed by atoms with E-state index < -0.39 is 0 Å². The van der Waals surface area contributed by atoms with Gasteiger partial charge in [0.1, 0.15) is 0 Å². The van der Waals surface area contributed by atoms with Crippen LogP contribution >= 0.6 is 0 Å². The fourth-order valence-corrected chi connectivity index (χ4v) is 3.78. The lowest BCUT2D eigenvalue weighted by atomic mass is 9.66. The van der Waals surface area contributed by atoms with Gasteiger partial charge in [-0.2, -0.15) is 0 Å². The molecule has 0 aromatic heterocycles. The van der Waals surface area contributed by atoms with E-state index in [0.29, 0.717) is 23.7 Å². The third-order valence-corrected chi connectivity index (χ3v) is 4.90. The molecule has 2 fully saturated rings. The van der Waals surface area contributed by atoms with Crippen molar-refractivity contribution in [3.05, 3.63) is 0 Å². The highest BCUT2D eigenvalue weighted by molar-refractivity contribution is 4.90. The molecule has 0 aromatic carbocycles. The van der Waals surface area contributed by atoms with Crippen molar-refractivity contribution in [3.8, 4) is 0 Å². The molecule has 2 nitrogen and oxygen atoms in total. The molecule has 2 heteroatoms. The zero-order valence-corrected chi connectivity index (χ0v) is 10.6. The van der Waals surface area contributed by atoms with E-state index in [1.54, 1.807) is 0 Å². The molecule has 2 saturated carbocycles. The van der Waals surface area contributed by atoms with Crippen LogP contribution in [-0.4, -0.2) is 22.4 Å². The van der Waals surface area contributed by atoms with Crippen molar-refractivity contribution in [1.82, 2.24) is 0 Å². The topological polar surface area (TPSA) is 40.5 Å². The predicted molar refractivity (Wildman–Crippen MR) is 65.0 cm³/mol. The van der Waals surface area contributed by atoms with Crippen LogP contribution in [0.15, 0.2) is 0 Å². The third kappa shape index (κ3) is 2.43. The minimum absolute atomic E-state index is 0.173. The molecule has 2 N–H and O–H groups in total. The van der Waals surface area contributed by atoms with Gasteiger partial charge in [-0.3, -0.25) is 0 Å². The van der Waals surface area contributed by atoms with Gasteiger partial charge in [0.15, 0.2) is 0 Å². The minimum Gasteiger partial charge on any atom is -0.393 e. The maximum absolute atomic E-state index is 10.3. The van der Waals surface area contributed by atoms with E-state index in [1.807, 2.05) is 0 Å². The van der Waals surface area contributed by atoms with Crippen LogP contribution in [0, 0.1) is 23.7 Å². The van der Waals surface area contributed by atoms with Gasteiger partial charge in [-0.05, 0) is 49.4 Å². The third-order valence-electron chi connectivity index (χ3n) is 4.90. The summed E-state index contributed by atoms with van der Waals surface area (Å²) in [6.45, 7) is 4.37. The fourth-order valence-electron chi connectivity index (χ4n) is 3.78. The molecule has 2 rings (SSSR count). The normalized spacial score (nSPS) is 50.2. The van der Waals surface area contributed by atoms with Gasteiger partial charge in [0.2, 0.25) is 0 Å². The van der Waals surface area contributed by atoms with Crippen molar-refractivity contribution >= 4 is 0 Å². The lowest BCUT2D eigenvalue weighted by molar-refractivity contribution is -0.0605. The molecule has 0 heterocycles. The number of hydrogen-bond donors (Lipinski definition) is 2. The molecular formula is C14H26O2. The van der Waals surface area contributed by atoms with Gasteiger partial charge in [0, 0.05) is 0 Å². The highest BCUT2D eigenvalue weighted by Gasteiger charge is 2.39. The second-order valence-corrected chi connectivity index (χ2v) is 6.21. The number of aliphatic hydroxyl groups is 2. The molecule has 0 aliphatic heterocycles. The summed E-state index contributed by atoms with van der Waals surface area (Å²) >= 11 is 0. The smallest absolute Gasteiger partial charge is 0.0597 e. The minimum atomic E-state index is -0.179. The molecule has 0 radical (unpaired) electrons. The van der Waals surface area contributed by atoms with Crippen LogP contribution in [0.3, 0.4) is 0 Å². The quantitative estimate of drug-likeness (QED) is 0.721. The van der Waals surface area contributed by atoms with E-state index in [9.17, 15) is 10.2 Å². The average molecular weight is 226 g/mol. The van der Waals surface area contributed by atoms with Crippen LogP contribution in [0.1, 0.15) is 52.4 Å². The van der Waals surface area contributed by atoms with Crippen LogP contribution in [0.5, 0.6) is 0 Å². The molecule has 0 saturated heterocycles. The standard InChI is InChI=1S/C14H26O2/c1-9-6-7-11(13(15)8-9)12-5-3-4-10(2)14(12)16/h9-16H,3-8H2,1-2H3. The lowest BCUT2D eigenvalue weighted by Crippen LogP contribution is -2.43. The molecule has 2 aliphatic rings. The Hall–Kier alpha value is -0.0800. The first kappa shape index (κ1) is 12.4. The summed E-state index contributed by atoms with van der Waals surface area (Å²) in [7, 11) is 0. The molecule has 94 valence electrons. The summed E-state index contributed by atoms with van der Waals surface area (Å²) in [6, 6.07) is 0. The highest BCUT2D eigenvalue weighted by Crippen LogP contribution is 2.41. The Morgan fingerprint density at radius 1 is 0.875 bits per heavy atom. The van der Waals surface area contributed by atoms with E-state index in [1.165, 1.54) is 12.8 Å². The van der Waals surface area contributed by atoms with Gasteiger partial charge >= 0.3 is 0 Å². The Labute approximate surface area is 99.1 Å². The largest absolute Gasteiger partial charge is 0.393 e. The molecule has 0 amide bonds. The zero-order valence-electron chi connectivity index (χ0n) is 10.6. The SMILES string of the molecule is CC1CCC(C2CCCC(C)C2O)C(O)C1. The Morgan fingerprint density at radius 3 is 2.31 bits per heavy atom. The monoisotopic (exact) mass is 226 g/mol. The van der Waals surface area contributed by atoms with Gasteiger partial charge in [-0.15, -0.1) is 0 Å². The summed E-state index contributed by atoms with van der Waals surface area (Å²) in [5.74, 6) is 1.79. The molecule has 0 spiro atoms. The number of hydrogen-bond acceptors (Lipinski definition) is 2. The van der Waals surface area contributed by atoms with E-state index in [0.717, 1.165) is 25.7 Å². The van der Waals surface area contributed by atoms with E-state index in [4.69, 9.17) is 0 Å². The van der Waals surface area contributed by atoms with Gasteiger partial charge in [-0.1, -0.05) is 26.7 Å². The van der Waals surface area contributed by atoms with Crippen LogP contribution in [-0.2, 0) is 0 Å². The van der Waals surface area contributed by atoms with E-state index in [-0.39, 0.29) is 12.2 Å². The average Bonchev–Trinajstić information content (AvgIpc) is 2.23. The van der Waals surface area contributed by atoms with Crippen molar-refractivity contribution in [1.29, 1.82) is 0 Å². The molecule has 6 unspecified atom stereocenters. The summed E-state index contributed by atoms with van der Waals surface area (Å²) < 4.78 is 0. The predicted octanol–water partition coefficient (Wildman–Crippen LogP) is 2.58.